The summed E-state index contributed by atoms with van der Waals surface area (Å²) < 4.78 is 1.20. The smallest absolute Gasteiger partial charge is 0.0332 e. The third-order valence-electron chi connectivity index (χ3n) is 4.71. The molecule has 104 valence electrons. The van der Waals surface area contributed by atoms with Crippen LogP contribution in [0.25, 0.3) is 32.7 Å². The molecule has 0 saturated heterocycles. The molecule has 0 heterocycles. The van der Waals surface area contributed by atoms with Crippen molar-refractivity contribution >= 4 is 37.5 Å². The Morgan fingerprint density at radius 3 is 2.41 bits per heavy atom. The summed E-state index contributed by atoms with van der Waals surface area (Å²) >= 11 is 3.83. The molecule has 0 N–H and O–H groups in total. The van der Waals surface area contributed by atoms with Gasteiger partial charge in [-0.3, -0.25) is 0 Å². The van der Waals surface area contributed by atoms with Gasteiger partial charge in [-0.2, -0.15) is 0 Å². The molecular formula is C21H13Br. The highest BCUT2D eigenvalue weighted by Crippen LogP contribution is 2.42. The van der Waals surface area contributed by atoms with Gasteiger partial charge < -0.3 is 0 Å². The standard InChI is InChI=1S/C21H13Br/c22-21-18-8-4-2-6-14(18)10-16-11-15-9-13-5-1-3-7-17(13)19(15)12-20(16)21/h1-8,10-12H,9H2. The van der Waals surface area contributed by atoms with Crippen LogP contribution in [0.5, 0.6) is 0 Å². The van der Waals surface area contributed by atoms with Gasteiger partial charge in [-0.15, -0.1) is 0 Å². The van der Waals surface area contributed by atoms with Crippen LogP contribution in [-0.2, 0) is 6.42 Å². The van der Waals surface area contributed by atoms with Crippen molar-refractivity contribution in [2.75, 3.05) is 0 Å². The molecule has 1 aliphatic rings. The van der Waals surface area contributed by atoms with Crippen LogP contribution in [0.4, 0.5) is 0 Å². The molecule has 0 aliphatic heterocycles. The summed E-state index contributed by atoms with van der Waals surface area (Å²) in [5, 5.41) is 5.19. The Morgan fingerprint density at radius 2 is 1.45 bits per heavy atom. The summed E-state index contributed by atoms with van der Waals surface area (Å²) in [4.78, 5) is 0. The van der Waals surface area contributed by atoms with Crippen LogP contribution in [0, 0.1) is 0 Å². The predicted molar refractivity (Wildman–Crippen MR) is 97.4 cm³/mol. The minimum absolute atomic E-state index is 1.05. The van der Waals surface area contributed by atoms with Crippen LogP contribution in [0.1, 0.15) is 11.1 Å². The van der Waals surface area contributed by atoms with E-state index in [4.69, 9.17) is 0 Å². The van der Waals surface area contributed by atoms with Crippen molar-refractivity contribution in [1.82, 2.24) is 0 Å². The minimum Gasteiger partial charge on any atom is -0.0619 e. The molecule has 0 spiro atoms. The predicted octanol–water partition coefficient (Wildman–Crippen LogP) is 6.33. The Balaban J connectivity index is 1.90. The van der Waals surface area contributed by atoms with Crippen LogP contribution in [0.2, 0.25) is 0 Å². The molecule has 0 aromatic heterocycles. The maximum Gasteiger partial charge on any atom is 0.0332 e. The molecule has 0 nitrogen and oxygen atoms in total. The molecule has 5 rings (SSSR count). The molecule has 0 fully saturated rings. The van der Waals surface area contributed by atoms with Crippen molar-refractivity contribution in [2.45, 2.75) is 6.42 Å². The van der Waals surface area contributed by atoms with Gasteiger partial charge in [0.05, 0.1) is 0 Å². The molecule has 1 aliphatic carbocycles. The van der Waals surface area contributed by atoms with E-state index < -0.39 is 0 Å². The maximum absolute atomic E-state index is 3.83. The first kappa shape index (κ1) is 12.4. The molecule has 0 bridgehead atoms. The number of rotatable bonds is 0. The summed E-state index contributed by atoms with van der Waals surface area (Å²) in [5.41, 5.74) is 5.66. The fourth-order valence-corrected chi connectivity index (χ4v) is 4.35. The zero-order valence-electron chi connectivity index (χ0n) is 11.9. The molecule has 0 atom stereocenters. The van der Waals surface area contributed by atoms with E-state index in [1.54, 1.807) is 0 Å². The largest absolute Gasteiger partial charge is 0.0619 e. The average molecular weight is 345 g/mol. The number of hydrogen-bond acceptors (Lipinski definition) is 0. The third-order valence-corrected chi connectivity index (χ3v) is 5.56. The van der Waals surface area contributed by atoms with E-state index in [1.807, 2.05) is 0 Å². The second-order valence-electron chi connectivity index (χ2n) is 5.98. The zero-order chi connectivity index (χ0) is 14.7. The molecule has 0 saturated carbocycles. The average Bonchev–Trinajstić information content (AvgIpc) is 2.91. The van der Waals surface area contributed by atoms with E-state index in [2.05, 4.69) is 82.7 Å². The van der Waals surface area contributed by atoms with Crippen LogP contribution in [0.3, 0.4) is 0 Å². The number of hydrogen-bond donors (Lipinski definition) is 0. The lowest BCUT2D eigenvalue weighted by Gasteiger charge is -2.09. The third kappa shape index (κ3) is 1.63. The molecule has 0 amide bonds. The van der Waals surface area contributed by atoms with Crippen LogP contribution in [0.15, 0.2) is 71.2 Å². The number of halogens is 1. The lowest BCUT2D eigenvalue weighted by molar-refractivity contribution is 1.27. The van der Waals surface area contributed by atoms with Crippen molar-refractivity contribution in [1.29, 1.82) is 0 Å². The lowest BCUT2D eigenvalue weighted by atomic mass is 9.98. The van der Waals surface area contributed by atoms with E-state index >= 15 is 0 Å². The van der Waals surface area contributed by atoms with Gasteiger partial charge in [0.25, 0.3) is 0 Å². The van der Waals surface area contributed by atoms with Gasteiger partial charge in [-0.1, -0.05) is 54.6 Å². The van der Waals surface area contributed by atoms with Crippen LogP contribution >= 0.6 is 15.9 Å². The van der Waals surface area contributed by atoms with Crippen molar-refractivity contribution < 1.29 is 0 Å². The quantitative estimate of drug-likeness (QED) is 0.288. The van der Waals surface area contributed by atoms with Gasteiger partial charge in [0.1, 0.15) is 0 Å². The van der Waals surface area contributed by atoms with Crippen molar-refractivity contribution in [3.8, 4) is 11.1 Å². The van der Waals surface area contributed by atoms with Gasteiger partial charge in [0.2, 0.25) is 0 Å². The maximum atomic E-state index is 3.83. The van der Waals surface area contributed by atoms with Crippen LogP contribution < -0.4 is 0 Å². The highest BCUT2D eigenvalue weighted by atomic mass is 79.9. The summed E-state index contributed by atoms with van der Waals surface area (Å²) in [5.74, 6) is 0. The Morgan fingerprint density at radius 1 is 0.636 bits per heavy atom. The first-order valence-corrected chi connectivity index (χ1v) is 8.33. The Labute approximate surface area is 137 Å². The summed E-state index contributed by atoms with van der Waals surface area (Å²) in [7, 11) is 0. The number of benzene rings is 4. The van der Waals surface area contributed by atoms with Gasteiger partial charge >= 0.3 is 0 Å². The van der Waals surface area contributed by atoms with Crippen molar-refractivity contribution in [3.63, 3.8) is 0 Å². The van der Waals surface area contributed by atoms with Gasteiger partial charge in [-0.25, -0.2) is 0 Å². The summed E-state index contributed by atoms with van der Waals surface area (Å²) in [6, 6.07) is 24.3. The molecule has 22 heavy (non-hydrogen) atoms. The van der Waals surface area contributed by atoms with E-state index in [-0.39, 0.29) is 0 Å². The monoisotopic (exact) mass is 344 g/mol. The summed E-state index contributed by atoms with van der Waals surface area (Å²) in [6.45, 7) is 0. The van der Waals surface area contributed by atoms with E-state index in [0.29, 0.717) is 0 Å². The minimum atomic E-state index is 1.05. The SMILES string of the molecule is Brc1c2ccccc2cc2cc3c(cc12)-c1ccccc1C3. The Bertz CT molecular complexity index is 1060. The Kier molecular flexibility index (Phi) is 2.51. The van der Waals surface area contributed by atoms with Crippen LogP contribution in [-0.4, -0.2) is 0 Å². The van der Waals surface area contributed by atoms with Crippen molar-refractivity contribution in [3.05, 3.63) is 82.3 Å². The van der Waals surface area contributed by atoms with E-state index in [1.165, 1.54) is 48.3 Å². The normalized spacial score (nSPS) is 12.6. The van der Waals surface area contributed by atoms with E-state index in [0.717, 1.165) is 6.42 Å². The second-order valence-corrected chi connectivity index (χ2v) is 6.77. The van der Waals surface area contributed by atoms with Gasteiger partial charge in [0.15, 0.2) is 0 Å². The Hall–Kier alpha value is -2.12. The molecule has 4 aromatic carbocycles. The second kappa shape index (κ2) is 4.44. The van der Waals surface area contributed by atoms with E-state index in [9.17, 15) is 0 Å². The first-order chi connectivity index (χ1) is 10.8. The van der Waals surface area contributed by atoms with Gasteiger partial charge in [-0.05, 0) is 78.3 Å². The van der Waals surface area contributed by atoms with Crippen molar-refractivity contribution in [2.24, 2.45) is 0 Å². The lowest BCUT2D eigenvalue weighted by Crippen LogP contribution is -1.84. The topological polar surface area (TPSA) is 0 Å². The number of fused-ring (bicyclic) bond motifs is 5. The highest BCUT2D eigenvalue weighted by molar-refractivity contribution is 9.10. The summed E-state index contributed by atoms with van der Waals surface area (Å²) in [6.07, 6.45) is 1.05. The molecule has 0 radical (unpaired) electrons. The zero-order valence-corrected chi connectivity index (χ0v) is 13.5. The highest BCUT2D eigenvalue weighted by Gasteiger charge is 2.19. The molecule has 1 heteroatoms. The fraction of sp³-hybridized carbons (Fsp3) is 0.0476. The van der Waals surface area contributed by atoms with Gasteiger partial charge in [0, 0.05) is 4.47 Å². The molecule has 4 aromatic rings. The molecular weight excluding hydrogens is 332 g/mol. The fourth-order valence-electron chi connectivity index (χ4n) is 3.65. The molecule has 0 unspecified atom stereocenters. The first-order valence-electron chi connectivity index (χ1n) is 7.53.